The second-order valence-electron chi connectivity index (χ2n) is 3.95. The van der Waals surface area contributed by atoms with Crippen molar-refractivity contribution in [1.29, 1.82) is 0 Å². The van der Waals surface area contributed by atoms with Gasteiger partial charge in [0.2, 0.25) is 0 Å². The van der Waals surface area contributed by atoms with Gasteiger partial charge in [-0.25, -0.2) is 0 Å². The van der Waals surface area contributed by atoms with Gasteiger partial charge in [-0.3, -0.25) is 4.79 Å². The van der Waals surface area contributed by atoms with E-state index in [1.54, 1.807) is 7.11 Å². The van der Waals surface area contributed by atoms with Gasteiger partial charge in [0.15, 0.2) is 5.78 Å². The zero-order chi connectivity index (χ0) is 9.90. The lowest BCUT2D eigenvalue weighted by Crippen LogP contribution is -2.42. The number of hydrogen-bond acceptors (Lipinski definition) is 2. The van der Waals surface area contributed by atoms with Gasteiger partial charge < -0.3 is 4.74 Å². The average Bonchev–Trinajstić information content (AvgIpc) is 2.18. The number of carbonyl (C=O) groups is 1. The molecule has 1 saturated carbocycles. The van der Waals surface area contributed by atoms with Gasteiger partial charge in [-0.05, 0) is 37.7 Å². The van der Waals surface area contributed by atoms with Crippen LogP contribution in [0.3, 0.4) is 0 Å². The Hall–Kier alpha value is -0.630. The van der Waals surface area contributed by atoms with E-state index in [4.69, 9.17) is 4.74 Å². The zero-order valence-corrected chi connectivity index (χ0v) is 8.51. The van der Waals surface area contributed by atoms with Crippen LogP contribution in [0.4, 0.5) is 0 Å². The summed E-state index contributed by atoms with van der Waals surface area (Å²) in [7, 11) is 1.62. The third-order valence-corrected chi connectivity index (χ3v) is 3.11. The van der Waals surface area contributed by atoms with Crippen molar-refractivity contribution >= 4 is 5.78 Å². The summed E-state index contributed by atoms with van der Waals surface area (Å²) in [4.78, 5) is 11.6. The largest absolute Gasteiger partial charge is 0.370 e. The molecule has 2 nitrogen and oxygen atoms in total. The molecular weight excluding hydrogens is 164 g/mol. The molecule has 0 aromatic heterocycles. The topological polar surface area (TPSA) is 26.3 Å². The van der Waals surface area contributed by atoms with E-state index in [9.17, 15) is 4.79 Å². The summed E-state index contributed by atoms with van der Waals surface area (Å²) in [5, 5.41) is 0. The Kier molecular flexibility index (Phi) is 3.26. The summed E-state index contributed by atoms with van der Waals surface area (Å²) in [6.45, 7) is 5.74. The van der Waals surface area contributed by atoms with E-state index < -0.39 is 5.60 Å². The molecule has 74 valence electrons. The predicted octanol–water partition coefficient (Wildman–Crippen LogP) is 2.34. The van der Waals surface area contributed by atoms with Crippen molar-refractivity contribution in [2.75, 3.05) is 7.11 Å². The molecule has 0 aromatic carbocycles. The second-order valence-corrected chi connectivity index (χ2v) is 3.95. The first-order chi connectivity index (χ1) is 6.14. The van der Waals surface area contributed by atoms with Crippen molar-refractivity contribution in [2.24, 2.45) is 5.92 Å². The average molecular weight is 182 g/mol. The fourth-order valence-corrected chi connectivity index (χ4v) is 1.97. The maximum atomic E-state index is 11.6. The quantitative estimate of drug-likeness (QED) is 0.626. The first kappa shape index (κ1) is 10.5. The van der Waals surface area contributed by atoms with Gasteiger partial charge in [0.25, 0.3) is 0 Å². The van der Waals surface area contributed by atoms with Crippen LogP contribution in [-0.2, 0) is 9.53 Å². The van der Waals surface area contributed by atoms with Gasteiger partial charge in [-0.2, -0.15) is 0 Å². The van der Waals surface area contributed by atoms with Crippen molar-refractivity contribution in [3.63, 3.8) is 0 Å². The lowest BCUT2D eigenvalue weighted by atomic mass is 9.77. The third-order valence-electron chi connectivity index (χ3n) is 3.11. The summed E-state index contributed by atoms with van der Waals surface area (Å²) in [5.41, 5.74) is -0.547. The van der Waals surface area contributed by atoms with Crippen LogP contribution in [0.5, 0.6) is 0 Å². The highest BCUT2D eigenvalue weighted by atomic mass is 16.5. The highest BCUT2D eigenvalue weighted by Gasteiger charge is 2.39. The molecule has 2 heteroatoms. The number of carbonyl (C=O) groups excluding carboxylic acids is 1. The monoisotopic (exact) mass is 182 g/mol. The predicted molar refractivity (Wildman–Crippen MR) is 52.6 cm³/mol. The van der Waals surface area contributed by atoms with E-state index in [0.29, 0.717) is 0 Å². The van der Waals surface area contributed by atoms with E-state index in [1.807, 2.05) is 0 Å². The minimum Gasteiger partial charge on any atom is -0.370 e. The molecule has 1 aliphatic carbocycles. The molecule has 0 amide bonds. The van der Waals surface area contributed by atoms with Crippen molar-refractivity contribution in [3.8, 4) is 0 Å². The summed E-state index contributed by atoms with van der Waals surface area (Å²) < 4.78 is 5.36. The Morgan fingerprint density at radius 3 is 2.46 bits per heavy atom. The Balaban J connectivity index is 2.71. The van der Waals surface area contributed by atoms with Crippen LogP contribution in [0, 0.1) is 5.92 Å². The fourth-order valence-electron chi connectivity index (χ4n) is 1.97. The molecule has 0 N–H and O–H groups in total. The van der Waals surface area contributed by atoms with E-state index in [-0.39, 0.29) is 5.78 Å². The van der Waals surface area contributed by atoms with Crippen LogP contribution in [0.25, 0.3) is 0 Å². The SMILES string of the molecule is C=CC(=O)C1(OC)CCC(C)CC1. The number of rotatable bonds is 3. The minimum atomic E-state index is -0.547. The Morgan fingerprint density at radius 2 is 2.08 bits per heavy atom. The molecule has 0 aliphatic heterocycles. The van der Waals surface area contributed by atoms with E-state index >= 15 is 0 Å². The Morgan fingerprint density at radius 1 is 1.54 bits per heavy atom. The molecule has 0 spiro atoms. The number of ether oxygens (including phenoxy) is 1. The molecule has 13 heavy (non-hydrogen) atoms. The van der Waals surface area contributed by atoms with Crippen LogP contribution in [0.15, 0.2) is 12.7 Å². The highest BCUT2D eigenvalue weighted by molar-refractivity contribution is 5.96. The first-order valence-electron chi connectivity index (χ1n) is 4.86. The Labute approximate surface area is 80.0 Å². The van der Waals surface area contributed by atoms with Gasteiger partial charge in [0, 0.05) is 7.11 Å². The number of ketones is 1. The van der Waals surface area contributed by atoms with Crippen LogP contribution < -0.4 is 0 Å². The normalized spacial score (nSPS) is 34.2. The van der Waals surface area contributed by atoms with Crippen LogP contribution in [0.1, 0.15) is 32.6 Å². The molecular formula is C11H18O2. The second kappa shape index (κ2) is 4.05. The molecule has 1 fully saturated rings. The highest BCUT2D eigenvalue weighted by Crippen LogP contribution is 2.35. The molecule has 0 bridgehead atoms. The van der Waals surface area contributed by atoms with Crippen molar-refractivity contribution in [3.05, 3.63) is 12.7 Å². The van der Waals surface area contributed by atoms with Gasteiger partial charge in [0.1, 0.15) is 5.60 Å². The summed E-state index contributed by atoms with van der Waals surface area (Å²) in [6.07, 6.45) is 5.23. The maximum absolute atomic E-state index is 11.6. The standard InChI is InChI=1S/C11H18O2/c1-4-10(12)11(13-3)7-5-9(2)6-8-11/h4,9H,1,5-8H2,2-3H3. The van der Waals surface area contributed by atoms with E-state index in [1.165, 1.54) is 6.08 Å². The first-order valence-corrected chi connectivity index (χ1v) is 4.86. The minimum absolute atomic E-state index is 0.0434. The maximum Gasteiger partial charge on any atom is 0.186 e. The van der Waals surface area contributed by atoms with Crippen molar-refractivity contribution in [2.45, 2.75) is 38.2 Å². The summed E-state index contributed by atoms with van der Waals surface area (Å²) in [6, 6.07) is 0. The van der Waals surface area contributed by atoms with E-state index in [0.717, 1.165) is 31.6 Å². The molecule has 0 unspecified atom stereocenters. The van der Waals surface area contributed by atoms with Gasteiger partial charge in [0.05, 0.1) is 0 Å². The van der Waals surface area contributed by atoms with Crippen LogP contribution in [-0.4, -0.2) is 18.5 Å². The Bertz CT molecular complexity index is 200. The molecule has 0 atom stereocenters. The number of methoxy groups -OCH3 is 1. The van der Waals surface area contributed by atoms with Crippen LogP contribution >= 0.6 is 0 Å². The van der Waals surface area contributed by atoms with Crippen LogP contribution in [0.2, 0.25) is 0 Å². The number of hydrogen-bond donors (Lipinski definition) is 0. The smallest absolute Gasteiger partial charge is 0.186 e. The molecule has 1 rings (SSSR count). The van der Waals surface area contributed by atoms with Gasteiger partial charge in [-0.1, -0.05) is 13.5 Å². The van der Waals surface area contributed by atoms with Gasteiger partial charge in [-0.15, -0.1) is 0 Å². The molecule has 0 heterocycles. The molecule has 1 aliphatic rings. The molecule has 0 saturated heterocycles. The van der Waals surface area contributed by atoms with Crippen molar-refractivity contribution in [1.82, 2.24) is 0 Å². The lowest BCUT2D eigenvalue weighted by molar-refractivity contribution is -0.140. The summed E-state index contributed by atoms with van der Waals surface area (Å²) in [5.74, 6) is 0.766. The molecule has 0 aromatic rings. The summed E-state index contributed by atoms with van der Waals surface area (Å²) >= 11 is 0. The fraction of sp³-hybridized carbons (Fsp3) is 0.727. The lowest BCUT2D eigenvalue weighted by Gasteiger charge is -2.36. The third kappa shape index (κ3) is 1.99. The van der Waals surface area contributed by atoms with E-state index in [2.05, 4.69) is 13.5 Å². The zero-order valence-electron chi connectivity index (χ0n) is 8.51. The molecule has 0 radical (unpaired) electrons. The van der Waals surface area contributed by atoms with Gasteiger partial charge >= 0.3 is 0 Å². The van der Waals surface area contributed by atoms with Crippen molar-refractivity contribution < 1.29 is 9.53 Å².